The van der Waals surface area contributed by atoms with Gasteiger partial charge in [0.05, 0.1) is 30.2 Å². The van der Waals surface area contributed by atoms with Gasteiger partial charge in [-0.2, -0.15) is 10.1 Å². The van der Waals surface area contributed by atoms with Gasteiger partial charge < -0.3 is 9.47 Å². The number of hydrogen-bond donors (Lipinski definition) is 0. The van der Waals surface area contributed by atoms with E-state index in [1.807, 2.05) is 12.1 Å². The Morgan fingerprint density at radius 2 is 1.72 bits per heavy atom. The fraction of sp³-hybridized carbons (Fsp3) is 0.292. The van der Waals surface area contributed by atoms with Crippen LogP contribution in [0, 0.1) is 23.7 Å². The minimum absolute atomic E-state index is 0.147. The van der Waals surface area contributed by atoms with E-state index >= 15 is 0 Å². The first-order valence-corrected chi connectivity index (χ1v) is 11.1. The average Bonchev–Trinajstić information content (AvgIpc) is 3.46. The van der Waals surface area contributed by atoms with Crippen LogP contribution in [0.2, 0.25) is 10.0 Å². The van der Waals surface area contributed by atoms with Crippen LogP contribution >= 0.6 is 23.2 Å². The van der Waals surface area contributed by atoms with Crippen molar-refractivity contribution in [1.82, 2.24) is 5.01 Å². The van der Waals surface area contributed by atoms with Gasteiger partial charge in [0.1, 0.15) is 6.61 Å². The largest absolute Gasteiger partial charge is 0.493 e. The van der Waals surface area contributed by atoms with Gasteiger partial charge in [-0.3, -0.25) is 9.59 Å². The Hall–Kier alpha value is -2.83. The monoisotopic (exact) mass is 470 g/mol. The number of fused-ring (bicyclic) bond motifs is 5. The lowest BCUT2D eigenvalue weighted by Gasteiger charge is -2.14. The number of nitrogens with zero attached hydrogens (tertiary/aromatic N) is 2. The minimum Gasteiger partial charge on any atom is -0.493 e. The molecule has 1 aliphatic heterocycles. The third kappa shape index (κ3) is 3.57. The van der Waals surface area contributed by atoms with Crippen LogP contribution in [0.15, 0.2) is 53.7 Å². The van der Waals surface area contributed by atoms with Crippen molar-refractivity contribution in [3.05, 3.63) is 69.7 Å². The average molecular weight is 471 g/mol. The fourth-order valence-corrected chi connectivity index (χ4v) is 5.21. The van der Waals surface area contributed by atoms with Crippen molar-refractivity contribution in [2.45, 2.75) is 13.0 Å². The topological polar surface area (TPSA) is 68.2 Å². The van der Waals surface area contributed by atoms with E-state index in [-0.39, 0.29) is 42.1 Å². The maximum absolute atomic E-state index is 12.8. The summed E-state index contributed by atoms with van der Waals surface area (Å²) in [5.74, 6) is 0.0930. The molecule has 5 rings (SSSR count). The number of methoxy groups -OCH3 is 1. The molecule has 2 amide bonds. The highest BCUT2D eigenvalue weighted by atomic mass is 35.5. The zero-order valence-electron chi connectivity index (χ0n) is 17.2. The maximum atomic E-state index is 12.8. The van der Waals surface area contributed by atoms with Gasteiger partial charge in [-0.1, -0.05) is 47.5 Å². The number of hydrazone groups is 1. The number of amides is 2. The number of halogens is 2. The summed E-state index contributed by atoms with van der Waals surface area (Å²) in [6.07, 6.45) is 6.44. The molecule has 1 saturated heterocycles. The van der Waals surface area contributed by atoms with E-state index in [9.17, 15) is 9.59 Å². The van der Waals surface area contributed by atoms with Gasteiger partial charge in [-0.05, 0) is 53.6 Å². The summed E-state index contributed by atoms with van der Waals surface area (Å²) in [4.78, 5) is 25.5. The molecular formula is C24H20Cl2N2O4. The van der Waals surface area contributed by atoms with Crippen molar-refractivity contribution in [2.24, 2.45) is 28.8 Å². The lowest BCUT2D eigenvalue weighted by Crippen LogP contribution is -2.28. The standard InChI is InChI=1S/C24H20Cl2N2O4/c1-31-19-9-14(8-18(26)22(19)32-12-13-2-6-17(25)7-3-13)11-27-28-23(29)20-15-4-5-16(10-15)21(20)24(28)30/h2-9,11,15-16,20-21H,10,12H2,1H3/b27-11-/t15-,16-,20-,21+/m0/s1. The van der Waals surface area contributed by atoms with Gasteiger partial charge in [0, 0.05) is 5.02 Å². The van der Waals surface area contributed by atoms with Gasteiger partial charge >= 0.3 is 0 Å². The van der Waals surface area contributed by atoms with Crippen molar-refractivity contribution in [3.63, 3.8) is 0 Å². The molecule has 2 aromatic rings. The van der Waals surface area contributed by atoms with Crippen molar-refractivity contribution < 1.29 is 19.1 Å². The molecule has 8 heteroatoms. The molecule has 32 heavy (non-hydrogen) atoms. The van der Waals surface area contributed by atoms with E-state index in [4.69, 9.17) is 32.7 Å². The smallest absolute Gasteiger partial charge is 0.254 e. The highest BCUT2D eigenvalue weighted by Crippen LogP contribution is 2.52. The Morgan fingerprint density at radius 1 is 1.06 bits per heavy atom. The van der Waals surface area contributed by atoms with E-state index in [0.29, 0.717) is 27.1 Å². The van der Waals surface area contributed by atoms with Crippen LogP contribution < -0.4 is 9.47 Å². The Bertz CT molecular complexity index is 1120. The molecule has 164 valence electrons. The molecule has 1 heterocycles. The minimum atomic E-state index is -0.281. The molecule has 0 N–H and O–H groups in total. The van der Waals surface area contributed by atoms with Crippen LogP contribution in [-0.4, -0.2) is 30.1 Å². The molecule has 2 aliphatic carbocycles. The van der Waals surface area contributed by atoms with Gasteiger partial charge in [-0.25, -0.2) is 0 Å². The second-order valence-corrected chi connectivity index (χ2v) is 9.03. The first kappa shape index (κ1) is 21.0. The summed E-state index contributed by atoms with van der Waals surface area (Å²) in [5, 5.41) is 6.18. The molecule has 2 fully saturated rings. The number of ether oxygens (including phenoxy) is 2. The van der Waals surface area contributed by atoms with Gasteiger partial charge in [0.25, 0.3) is 11.8 Å². The molecule has 0 aromatic heterocycles. The molecule has 2 bridgehead atoms. The van der Waals surface area contributed by atoms with E-state index in [0.717, 1.165) is 17.0 Å². The van der Waals surface area contributed by atoms with E-state index in [1.54, 1.807) is 24.3 Å². The Kier molecular flexibility index (Phi) is 5.43. The number of benzene rings is 2. The first-order chi connectivity index (χ1) is 15.5. The zero-order valence-corrected chi connectivity index (χ0v) is 18.7. The first-order valence-electron chi connectivity index (χ1n) is 10.3. The van der Waals surface area contributed by atoms with Gasteiger partial charge in [-0.15, -0.1) is 0 Å². The molecule has 6 nitrogen and oxygen atoms in total. The Balaban J connectivity index is 1.33. The second kappa shape index (κ2) is 8.26. The molecule has 3 aliphatic rings. The number of rotatable bonds is 6. The lowest BCUT2D eigenvalue weighted by molar-refractivity contribution is -0.140. The number of carbonyl (C=O) groups is 2. The van der Waals surface area contributed by atoms with Gasteiger partial charge in [0.15, 0.2) is 11.5 Å². The maximum Gasteiger partial charge on any atom is 0.254 e. The number of imide groups is 1. The van der Waals surface area contributed by atoms with Crippen molar-refractivity contribution in [3.8, 4) is 11.5 Å². The summed E-state index contributed by atoms with van der Waals surface area (Å²) >= 11 is 12.4. The number of carbonyl (C=O) groups excluding carboxylic acids is 2. The van der Waals surface area contributed by atoms with Crippen LogP contribution in [0.4, 0.5) is 0 Å². The normalized spacial score (nSPS) is 25.8. The number of allylic oxidation sites excluding steroid dienone is 2. The summed E-state index contributed by atoms with van der Waals surface area (Å²) in [5.41, 5.74) is 1.52. The quantitative estimate of drug-likeness (QED) is 0.347. The summed E-state index contributed by atoms with van der Waals surface area (Å²) in [6.45, 7) is 0.288. The second-order valence-electron chi connectivity index (χ2n) is 8.18. The fourth-order valence-electron chi connectivity index (χ4n) is 4.82. The van der Waals surface area contributed by atoms with Crippen molar-refractivity contribution >= 4 is 41.2 Å². The van der Waals surface area contributed by atoms with E-state index in [2.05, 4.69) is 17.3 Å². The van der Waals surface area contributed by atoms with Crippen LogP contribution in [0.25, 0.3) is 0 Å². The highest BCUT2D eigenvalue weighted by Gasteiger charge is 2.59. The highest BCUT2D eigenvalue weighted by molar-refractivity contribution is 6.32. The number of hydrogen-bond acceptors (Lipinski definition) is 5. The lowest BCUT2D eigenvalue weighted by atomic mass is 9.85. The molecule has 0 spiro atoms. The predicted molar refractivity (Wildman–Crippen MR) is 121 cm³/mol. The molecule has 0 radical (unpaired) electrons. The Morgan fingerprint density at radius 3 is 2.34 bits per heavy atom. The van der Waals surface area contributed by atoms with Crippen LogP contribution in [0.5, 0.6) is 11.5 Å². The molecule has 4 atom stereocenters. The van der Waals surface area contributed by atoms with Crippen molar-refractivity contribution in [2.75, 3.05) is 7.11 Å². The SMILES string of the molecule is COc1cc(/C=N\N2C(=O)[C@@H]3[C@H](C2=O)[C@H]2C=C[C@H]3C2)cc(Cl)c1OCc1ccc(Cl)cc1. The molecular weight excluding hydrogens is 451 g/mol. The van der Waals surface area contributed by atoms with E-state index < -0.39 is 0 Å². The Labute approximate surface area is 195 Å². The third-order valence-electron chi connectivity index (χ3n) is 6.32. The van der Waals surface area contributed by atoms with Crippen LogP contribution in [-0.2, 0) is 16.2 Å². The zero-order chi connectivity index (χ0) is 22.4. The molecule has 1 saturated carbocycles. The van der Waals surface area contributed by atoms with E-state index in [1.165, 1.54) is 13.3 Å². The predicted octanol–water partition coefficient (Wildman–Crippen LogP) is 4.72. The third-order valence-corrected chi connectivity index (χ3v) is 6.85. The van der Waals surface area contributed by atoms with Gasteiger partial charge in [0.2, 0.25) is 0 Å². The molecule has 2 aromatic carbocycles. The molecule has 0 unspecified atom stereocenters. The van der Waals surface area contributed by atoms with Crippen LogP contribution in [0.3, 0.4) is 0 Å². The van der Waals surface area contributed by atoms with Crippen molar-refractivity contribution in [1.29, 1.82) is 0 Å². The summed E-state index contributed by atoms with van der Waals surface area (Å²) in [7, 11) is 1.51. The van der Waals surface area contributed by atoms with Crippen LogP contribution in [0.1, 0.15) is 17.5 Å². The summed E-state index contributed by atoms with van der Waals surface area (Å²) in [6, 6.07) is 10.7. The summed E-state index contributed by atoms with van der Waals surface area (Å²) < 4.78 is 11.3.